The fourth-order valence-corrected chi connectivity index (χ4v) is 1.13. The summed E-state index contributed by atoms with van der Waals surface area (Å²) in [5.74, 6) is 5.71. The molecule has 0 aliphatic carbocycles. The van der Waals surface area contributed by atoms with Crippen molar-refractivity contribution in [2.75, 3.05) is 7.11 Å². The first kappa shape index (κ1) is 10.4. The molecule has 1 rings (SSSR count). The highest BCUT2D eigenvalue weighted by atomic mass is 16.6. The van der Waals surface area contributed by atoms with E-state index in [1.54, 1.807) is 6.07 Å². The molecule has 0 saturated carbocycles. The van der Waals surface area contributed by atoms with Gasteiger partial charge in [0.05, 0.1) is 12.0 Å². The maximum absolute atomic E-state index is 10.5. The second kappa shape index (κ2) is 4.54. The van der Waals surface area contributed by atoms with Crippen LogP contribution in [0.15, 0.2) is 18.2 Å². The first-order valence-electron chi connectivity index (χ1n) is 3.93. The van der Waals surface area contributed by atoms with E-state index in [9.17, 15) is 10.1 Å². The average molecular weight is 197 g/mol. The molecular weight excluding hydrogens is 186 g/mol. The van der Waals surface area contributed by atoms with E-state index in [0.717, 1.165) is 0 Å². The minimum Gasteiger partial charge on any atom is -0.496 e. The fraction of sp³-hybridized carbons (Fsp3) is 0.250. The van der Waals surface area contributed by atoms with Crippen molar-refractivity contribution in [1.82, 2.24) is 5.43 Å². The second-order valence-corrected chi connectivity index (χ2v) is 2.63. The van der Waals surface area contributed by atoms with Crippen molar-refractivity contribution in [1.29, 1.82) is 0 Å². The number of hydrazine groups is 1. The molecule has 76 valence electrons. The van der Waals surface area contributed by atoms with E-state index in [1.165, 1.54) is 19.2 Å². The molecule has 0 heterocycles. The summed E-state index contributed by atoms with van der Waals surface area (Å²) in [6.07, 6.45) is 0. The molecule has 0 atom stereocenters. The van der Waals surface area contributed by atoms with Crippen molar-refractivity contribution < 1.29 is 9.66 Å². The van der Waals surface area contributed by atoms with Gasteiger partial charge in [0.2, 0.25) is 0 Å². The van der Waals surface area contributed by atoms with Crippen LogP contribution < -0.4 is 16.0 Å². The second-order valence-electron chi connectivity index (χ2n) is 2.63. The van der Waals surface area contributed by atoms with E-state index in [4.69, 9.17) is 10.6 Å². The smallest absolute Gasteiger partial charge is 0.270 e. The van der Waals surface area contributed by atoms with Crippen LogP contribution in [-0.2, 0) is 6.54 Å². The highest BCUT2D eigenvalue weighted by Crippen LogP contribution is 2.23. The molecule has 0 saturated heterocycles. The van der Waals surface area contributed by atoms with Gasteiger partial charge in [0.15, 0.2) is 0 Å². The number of nitrogens with zero attached hydrogens (tertiary/aromatic N) is 1. The first-order valence-corrected chi connectivity index (χ1v) is 3.93. The quantitative estimate of drug-likeness (QED) is 0.418. The van der Waals surface area contributed by atoms with E-state index in [2.05, 4.69) is 5.43 Å². The third-order valence-corrected chi connectivity index (χ3v) is 1.77. The minimum atomic E-state index is -0.459. The highest BCUT2D eigenvalue weighted by Gasteiger charge is 2.10. The number of benzene rings is 1. The summed E-state index contributed by atoms with van der Waals surface area (Å²) in [4.78, 5) is 10.0. The zero-order chi connectivity index (χ0) is 10.6. The maximum Gasteiger partial charge on any atom is 0.270 e. The predicted molar refractivity (Wildman–Crippen MR) is 50.7 cm³/mol. The molecule has 0 aliphatic rings. The van der Waals surface area contributed by atoms with Crippen molar-refractivity contribution >= 4 is 5.69 Å². The lowest BCUT2D eigenvalue weighted by Crippen LogP contribution is -2.21. The normalized spacial score (nSPS) is 9.86. The van der Waals surface area contributed by atoms with Gasteiger partial charge in [-0.25, -0.2) is 0 Å². The Labute approximate surface area is 80.8 Å². The van der Waals surface area contributed by atoms with Crippen LogP contribution in [0.25, 0.3) is 0 Å². The number of hydrogen-bond donors (Lipinski definition) is 2. The summed E-state index contributed by atoms with van der Waals surface area (Å²) in [6, 6.07) is 4.36. The van der Waals surface area contributed by atoms with Crippen LogP contribution in [0.2, 0.25) is 0 Å². The Morgan fingerprint density at radius 3 is 2.86 bits per heavy atom. The zero-order valence-electron chi connectivity index (χ0n) is 7.69. The molecule has 6 nitrogen and oxygen atoms in total. The number of nitrogens with one attached hydrogen (secondary N) is 1. The minimum absolute atomic E-state index is 0.0241. The van der Waals surface area contributed by atoms with Crippen LogP contribution in [0.1, 0.15) is 5.56 Å². The monoisotopic (exact) mass is 197 g/mol. The number of nitrogens with two attached hydrogens (primary N) is 1. The van der Waals surface area contributed by atoms with Gasteiger partial charge in [0.1, 0.15) is 5.75 Å². The number of nitro benzene ring substituents is 1. The number of nitro groups is 1. The topological polar surface area (TPSA) is 90.4 Å². The molecule has 6 heteroatoms. The molecule has 0 spiro atoms. The lowest BCUT2D eigenvalue weighted by atomic mass is 10.2. The Kier molecular flexibility index (Phi) is 3.38. The maximum atomic E-state index is 10.5. The van der Waals surface area contributed by atoms with Gasteiger partial charge in [0.25, 0.3) is 5.69 Å². The van der Waals surface area contributed by atoms with Gasteiger partial charge < -0.3 is 4.74 Å². The number of ether oxygens (including phenoxy) is 1. The Morgan fingerprint density at radius 2 is 2.36 bits per heavy atom. The number of rotatable bonds is 4. The first-order chi connectivity index (χ1) is 6.69. The SMILES string of the molecule is COc1ccc([N+](=O)[O-])cc1CNN. The van der Waals surface area contributed by atoms with Crippen molar-refractivity contribution in [2.24, 2.45) is 5.84 Å². The van der Waals surface area contributed by atoms with Gasteiger partial charge in [-0.3, -0.25) is 21.4 Å². The Morgan fingerprint density at radius 1 is 1.64 bits per heavy atom. The van der Waals surface area contributed by atoms with Crippen molar-refractivity contribution in [3.05, 3.63) is 33.9 Å². The summed E-state index contributed by atoms with van der Waals surface area (Å²) in [5, 5.41) is 10.5. The van der Waals surface area contributed by atoms with Crippen LogP contribution in [0.3, 0.4) is 0 Å². The van der Waals surface area contributed by atoms with E-state index >= 15 is 0 Å². The summed E-state index contributed by atoms with van der Waals surface area (Å²) < 4.78 is 5.01. The molecule has 1 aromatic rings. The summed E-state index contributed by atoms with van der Waals surface area (Å²) in [6.45, 7) is 0.324. The summed E-state index contributed by atoms with van der Waals surface area (Å²) in [7, 11) is 1.50. The van der Waals surface area contributed by atoms with Gasteiger partial charge in [-0.15, -0.1) is 0 Å². The number of methoxy groups -OCH3 is 1. The standard InChI is InChI=1S/C8H11N3O3/c1-14-8-3-2-7(11(12)13)4-6(8)5-10-9/h2-4,10H,5,9H2,1H3. The van der Waals surface area contributed by atoms with Gasteiger partial charge in [-0.05, 0) is 6.07 Å². The third kappa shape index (κ3) is 2.18. The number of non-ortho nitro benzene ring substituents is 1. The largest absolute Gasteiger partial charge is 0.496 e. The van der Waals surface area contributed by atoms with E-state index in [-0.39, 0.29) is 5.69 Å². The molecule has 0 radical (unpaired) electrons. The Hall–Kier alpha value is -1.66. The van der Waals surface area contributed by atoms with E-state index in [0.29, 0.717) is 17.9 Å². The fourth-order valence-electron chi connectivity index (χ4n) is 1.13. The summed E-state index contributed by atoms with van der Waals surface area (Å²) >= 11 is 0. The van der Waals surface area contributed by atoms with Crippen molar-refractivity contribution in [3.63, 3.8) is 0 Å². The van der Waals surface area contributed by atoms with Gasteiger partial charge in [-0.1, -0.05) is 0 Å². The van der Waals surface area contributed by atoms with Crippen molar-refractivity contribution in [2.45, 2.75) is 6.54 Å². The predicted octanol–water partition coefficient (Wildman–Crippen LogP) is 0.567. The van der Waals surface area contributed by atoms with E-state index in [1.807, 2.05) is 0 Å². The average Bonchev–Trinajstić information content (AvgIpc) is 2.18. The molecule has 0 aliphatic heterocycles. The molecule has 0 amide bonds. The zero-order valence-corrected chi connectivity index (χ0v) is 7.69. The molecule has 3 N–H and O–H groups in total. The molecule has 0 unspecified atom stereocenters. The lowest BCUT2D eigenvalue weighted by Gasteiger charge is -2.06. The molecule has 1 aromatic carbocycles. The van der Waals surface area contributed by atoms with Gasteiger partial charge in [0, 0.05) is 24.2 Å². The molecule has 14 heavy (non-hydrogen) atoms. The molecule has 0 bridgehead atoms. The van der Waals surface area contributed by atoms with Crippen LogP contribution in [0, 0.1) is 10.1 Å². The van der Waals surface area contributed by atoms with Crippen molar-refractivity contribution in [3.8, 4) is 5.75 Å². The molecule has 0 fully saturated rings. The lowest BCUT2D eigenvalue weighted by molar-refractivity contribution is -0.384. The molecular formula is C8H11N3O3. The number of hydrogen-bond acceptors (Lipinski definition) is 5. The van der Waals surface area contributed by atoms with Gasteiger partial charge in [-0.2, -0.15) is 0 Å². The van der Waals surface area contributed by atoms with Gasteiger partial charge >= 0.3 is 0 Å². The molecule has 0 aromatic heterocycles. The van der Waals surface area contributed by atoms with E-state index < -0.39 is 4.92 Å². The van der Waals surface area contributed by atoms with Crippen LogP contribution in [0.4, 0.5) is 5.69 Å². The van der Waals surface area contributed by atoms with Crippen LogP contribution in [-0.4, -0.2) is 12.0 Å². The van der Waals surface area contributed by atoms with Crippen LogP contribution >= 0.6 is 0 Å². The highest BCUT2D eigenvalue weighted by molar-refractivity contribution is 5.43. The Bertz CT molecular complexity index is 341. The summed E-state index contributed by atoms with van der Waals surface area (Å²) in [5.41, 5.74) is 3.10. The third-order valence-electron chi connectivity index (χ3n) is 1.77. The van der Waals surface area contributed by atoms with Crippen LogP contribution in [0.5, 0.6) is 5.75 Å². The Balaban J connectivity index is 3.07.